The van der Waals surface area contributed by atoms with Gasteiger partial charge in [-0.25, -0.2) is 4.98 Å². The standard InChI is InChI=1S/C17H20N4O3/c1-12-8-16(20-17(19-12)21-4-6-22-7-5-21)18-10-13-2-3-14-15(9-13)24-11-23-14/h2-3,8-9H,4-7,10-11H2,1H3,(H,18,19,20). The van der Waals surface area contributed by atoms with Crippen molar-refractivity contribution < 1.29 is 14.2 Å². The lowest BCUT2D eigenvalue weighted by molar-refractivity contribution is 0.122. The summed E-state index contributed by atoms with van der Waals surface area (Å²) in [5.74, 6) is 3.17. The molecule has 2 aliphatic rings. The minimum absolute atomic E-state index is 0.292. The predicted molar refractivity (Wildman–Crippen MR) is 89.7 cm³/mol. The highest BCUT2D eigenvalue weighted by molar-refractivity contribution is 5.47. The molecule has 1 fully saturated rings. The Bertz CT molecular complexity index is 732. The summed E-state index contributed by atoms with van der Waals surface area (Å²) < 4.78 is 16.1. The minimum Gasteiger partial charge on any atom is -0.454 e. The van der Waals surface area contributed by atoms with Crippen molar-refractivity contribution in [1.82, 2.24) is 9.97 Å². The Labute approximate surface area is 140 Å². The quantitative estimate of drug-likeness (QED) is 0.920. The van der Waals surface area contributed by atoms with E-state index < -0.39 is 0 Å². The Morgan fingerprint density at radius 2 is 1.92 bits per heavy atom. The molecule has 0 aliphatic carbocycles. The number of hydrogen-bond acceptors (Lipinski definition) is 7. The number of hydrogen-bond donors (Lipinski definition) is 1. The van der Waals surface area contributed by atoms with Crippen LogP contribution in [0.1, 0.15) is 11.3 Å². The number of aryl methyl sites for hydroxylation is 1. The van der Waals surface area contributed by atoms with Crippen LogP contribution in [0.3, 0.4) is 0 Å². The number of benzene rings is 1. The third-order valence-corrected chi connectivity index (χ3v) is 4.05. The van der Waals surface area contributed by atoms with Gasteiger partial charge in [0.15, 0.2) is 11.5 Å². The van der Waals surface area contributed by atoms with E-state index in [-0.39, 0.29) is 0 Å². The molecule has 0 amide bonds. The van der Waals surface area contributed by atoms with Gasteiger partial charge in [-0.15, -0.1) is 0 Å². The van der Waals surface area contributed by atoms with Crippen LogP contribution in [0, 0.1) is 6.92 Å². The molecule has 1 N–H and O–H groups in total. The normalized spacial score (nSPS) is 16.3. The van der Waals surface area contributed by atoms with Crippen molar-refractivity contribution >= 4 is 11.8 Å². The minimum atomic E-state index is 0.292. The zero-order valence-corrected chi connectivity index (χ0v) is 13.6. The van der Waals surface area contributed by atoms with Gasteiger partial charge in [-0.1, -0.05) is 6.07 Å². The lowest BCUT2D eigenvalue weighted by atomic mass is 10.2. The number of morpholine rings is 1. The fraction of sp³-hybridized carbons (Fsp3) is 0.412. The van der Waals surface area contributed by atoms with E-state index in [2.05, 4.69) is 20.2 Å². The molecule has 7 heteroatoms. The van der Waals surface area contributed by atoms with E-state index in [1.807, 2.05) is 31.2 Å². The van der Waals surface area contributed by atoms with Crippen LogP contribution < -0.4 is 19.7 Å². The molecule has 2 aliphatic heterocycles. The van der Waals surface area contributed by atoms with Crippen molar-refractivity contribution in [3.8, 4) is 11.5 Å². The van der Waals surface area contributed by atoms with Crippen molar-refractivity contribution in [1.29, 1.82) is 0 Å². The molecule has 1 aromatic heterocycles. The SMILES string of the molecule is Cc1cc(NCc2ccc3c(c2)OCO3)nc(N2CCOCC2)n1. The molecule has 0 spiro atoms. The number of nitrogens with zero attached hydrogens (tertiary/aromatic N) is 3. The lowest BCUT2D eigenvalue weighted by Crippen LogP contribution is -2.37. The molecule has 1 aromatic carbocycles. The highest BCUT2D eigenvalue weighted by Gasteiger charge is 2.16. The predicted octanol–water partition coefficient (Wildman–Crippen LogP) is 1.96. The van der Waals surface area contributed by atoms with Gasteiger partial charge in [0, 0.05) is 31.4 Å². The van der Waals surface area contributed by atoms with Crippen LogP contribution in [0.4, 0.5) is 11.8 Å². The molecular formula is C17H20N4O3. The first-order chi connectivity index (χ1) is 11.8. The summed E-state index contributed by atoms with van der Waals surface area (Å²) in [7, 11) is 0. The summed E-state index contributed by atoms with van der Waals surface area (Å²) in [4.78, 5) is 11.3. The molecule has 24 heavy (non-hydrogen) atoms. The number of ether oxygens (including phenoxy) is 3. The van der Waals surface area contributed by atoms with Crippen LogP contribution in [-0.2, 0) is 11.3 Å². The Morgan fingerprint density at radius 1 is 1.08 bits per heavy atom. The number of aromatic nitrogens is 2. The van der Waals surface area contributed by atoms with Gasteiger partial charge in [0.25, 0.3) is 0 Å². The van der Waals surface area contributed by atoms with Gasteiger partial charge in [0.1, 0.15) is 5.82 Å². The van der Waals surface area contributed by atoms with Crippen molar-refractivity contribution in [3.05, 3.63) is 35.5 Å². The zero-order chi connectivity index (χ0) is 16.4. The van der Waals surface area contributed by atoms with E-state index in [1.54, 1.807) is 0 Å². The third kappa shape index (κ3) is 3.21. The van der Waals surface area contributed by atoms with Crippen LogP contribution in [0.5, 0.6) is 11.5 Å². The van der Waals surface area contributed by atoms with Crippen LogP contribution in [0.25, 0.3) is 0 Å². The van der Waals surface area contributed by atoms with Gasteiger partial charge >= 0.3 is 0 Å². The summed E-state index contributed by atoms with van der Waals surface area (Å²) in [6.07, 6.45) is 0. The van der Waals surface area contributed by atoms with Crippen LogP contribution in [-0.4, -0.2) is 43.1 Å². The van der Waals surface area contributed by atoms with Gasteiger partial charge in [0.2, 0.25) is 12.7 Å². The highest BCUT2D eigenvalue weighted by Crippen LogP contribution is 2.32. The molecule has 0 bridgehead atoms. The Kier molecular flexibility index (Phi) is 4.08. The average Bonchev–Trinajstić information content (AvgIpc) is 3.08. The smallest absolute Gasteiger partial charge is 0.231 e. The number of anilines is 2. The second-order valence-electron chi connectivity index (χ2n) is 5.84. The Morgan fingerprint density at radius 3 is 2.79 bits per heavy atom. The molecule has 0 saturated carbocycles. The van der Waals surface area contributed by atoms with Crippen molar-refractivity contribution in [2.24, 2.45) is 0 Å². The van der Waals surface area contributed by atoms with Crippen LogP contribution >= 0.6 is 0 Å². The second-order valence-corrected chi connectivity index (χ2v) is 5.84. The Hall–Kier alpha value is -2.54. The molecule has 2 aromatic rings. The zero-order valence-electron chi connectivity index (χ0n) is 13.6. The molecule has 7 nitrogen and oxygen atoms in total. The van der Waals surface area contributed by atoms with Crippen molar-refractivity contribution in [2.75, 3.05) is 43.3 Å². The average molecular weight is 328 g/mol. The maximum Gasteiger partial charge on any atom is 0.231 e. The third-order valence-electron chi connectivity index (χ3n) is 4.05. The van der Waals surface area contributed by atoms with Gasteiger partial charge in [-0.05, 0) is 24.6 Å². The first-order valence-electron chi connectivity index (χ1n) is 8.09. The molecule has 1 saturated heterocycles. The van der Waals surface area contributed by atoms with E-state index in [9.17, 15) is 0 Å². The first-order valence-corrected chi connectivity index (χ1v) is 8.09. The van der Waals surface area contributed by atoms with Gasteiger partial charge < -0.3 is 24.4 Å². The van der Waals surface area contributed by atoms with Crippen LogP contribution in [0.2, 0.25) is 0 Å². The fourth-order valence-corrected chi connectivity index (χ4v) is 2.79. The topological polar surface area (TPSA) is 68.7 Å². The number of rotatable bonds is 4. The second kappa shape index (κ2) is 6.52. The highest BCUT2D eigenvalue weighted by atomic mass is 16.7. The lowest BCUT2D eigenvalue weighted by Gasteiger charge is -2.27. The number of fused-ring (bicyclic) bond motifs is 1. The van der Waals surface area contributed by atoms with E-state index in [1.165, 1.54) is 0 Å². The fourth-order valence-electron chi connectivity index (χ4n) is 2.79. The Balaban J connectivity index is 1.47. The largest absolute Gasteiger partial charge is 0.454 e. The van der Waals surface area contributed by atoms with Gasteiger partial charge in [-0.2, -0.15) is 4.98 Å². The molecular weight excluding hydrogens is 308 g/mol. The van der Waals surface area contributed by atoms with Crippen molar-refractivity contribution in [3.63, 3.8) is 0 Å². The summed E-state index contributed by atoms with van der Waals surface area (Å²) in [6, 6.07) is 7.91. The molecule has 4 rings (SSSR count). The van der Waals surface area contributed by atoms with Crippen molar-refractivity contribution in [2.45, 2.75) is 13.5 Å². The summed E-state index contributed by atoms with van der Waals surface area (Å²) >= 11 is 0. The molecule has 0 unspecified atom stereocenters. The molecule has 3 heterocycles. The van der Waals surface area contributed by atoms with Crippen LogP contribution in [0.15, 0.2) is 24.3 Å². The molecule has 126 valence electrons. The first kappa shape index (κ1) is 15.0. The van der Waals surface area contributed by atoms with E-state index in [4.69, 9.17) is 14.2 Å². The maximum atomic E-state index is 5.41. The van der Waals surface area contributed by atoms with Gasteiger partial charge in [0.05, 0.1) is 13.2 Å². The van der Waals surface area contributed by atoms with E-state index in [0.29, 0.717) is 13.3 Å². The molecule has 0 atom stereocenters. The maximum absolute atomic E-state index is 5.41. The monoisotopic (exact) mass is 328 g/mol. The summed E-state index contributed by atoms with van der Waals surface area (Å²) in [6.45, 7) is 6.03. The van der Waals surface area contributed by atoms with Gasteiger partial charge in [-0.3, -0.25) is 0 Å². The number of nitrogens with one attached hydrogen (secondary N) is 1. The van der Waals surface area contributed by atoms with E-state index in [0.717, 1.165) is 60.8 Å². The van der Waals surface area contributed by atoms with E-state index >= 15 is 0 Å². The summed E-state index contributed by atoms with van der Waals surface area (Å²) in [5.41, 5.74) is 2.06. The molecule has 0 radical (unpaired) electrons. The summed E-state index contributed by atoms with van der Waals surface area (Å²) in [5, 5.41) is 3.37.